The maximum Gasteiger partial charge on any atom is 0.279 e. The molecule has 7 heteroatoms. The van der Waals surface area contributed by atoms with Crippen molar-refractivity contribution in [2.45, 2.75) is 0 Å². The van der Waals surface area contributed by atoms with Crippen molar-refractivity contribution < 1.29 is 24.3 Å². The van der Waals surface area contributed by atoms with Crippen LogP contribution in [0.15, 0.2) is 18.2 Å². The lowest BCUT2D eigenvalue weighted by molar-refractivity contribution is -0.940. The minimum Gasteiger partial charge on any atom is -0.358 e. The molecule has 2 aliphatic heterocycles. The van der Waals surface area contributed by atoms with Gasteiger partial charge >= 0.3 is 0 Å². The third-order valence-electron chi connectivity index (χ3n) is 5.00. The van der Waals surface area contributed by atoms with Crippen molar-refractivity contribution in [3.8, 4) is 0 Å². The molecule has 1 aromatic rings. The van der Waals surface area contributed by atoms with Crippen LogP contribution in [0, 0.1) is 5.82 Å². The molecule has 0 aliphatic carbocycles. The van der Waals surface area contributed by atoms with Crippen LogP contribution in [-0.2, 0) is 4.79 Å². The molecule has 0 atom stereocenters. The first kappa shape index (κ1) is 17.1. The normalized spacial score (nSPS) is 20.2. The fourth-order valence-electron chi connectivity index (χ4n) is 3.46. The second-order valence-electron chi connectivity index (χ2n) is 6.95. The zero-order valence-electron chi connectivity index (χ0n) is 14.4. The summed E-state index contributed by atoms with van der Waals surface area (Å²) in [5, 5.41) is 5.11. The van der Waals surface area contributed by atoms with Crippen molar-refractivity contribution in [1.29, 1.82) is 0 Å². The van der Waals surface area contributed by atoms with Gasteiger partial charge in [-0.3, -0.25) is 4.79 Å². The highest BCUT2D eigenvalue weighted by atomic mass is 19.1. The predicted octanol–water partition coefficient (Wildman–Crippen LogP) is -3.44. The number of hydrogen-bond acceptors (Lipinski definition) is 2. The second kappa shape index (κ2) is 7.92. The summed E-state index contributed by atoms with van der Waals surface area (Å²) >= 11 is 0. The van der Waals surface area contributed by atoms with Gasteiger partial charge < -0.3 is 25.3 Å². The number of hydrogen-bond donors (Lipinski definition) is 4. The monoisotopic (exact) mass is 338 g/mol. The van der Waals surface area contributed by atoms with Gasteiger partial charge in [-0.1, -0.05) is 0 Å². The van der Waals surface area contributed by atoms with E-state index in [0.29, 0.717) is 17.9 Å². The molecule has 132 valence electrons. The van der Waals surface area contributed by atoms with Crippen molar-refractivity contribution in [3.63, 3.8) is 0 Å². The topological polar surface area (TPSA) is 57.8 Å². The van der Waals surface area contributed by atoms with Gasteiger partial charge in [-0.15, -0.1) is 0 Å². The molecule has 3 rings (SSSR count). The molecule has 0 spiro atoms. The first-order chi connectivity index (χ1) is 11.6. The molecule has 2 heterocycles. The Hall–Kier alpha value is -1.70. The molecule has 24 heavy (non-hydrogen) atoms. The van der Waals surface area contributed by atoms with E-state index in [4.69, 9.17) is 0 Å². The summed E-state index contributed by atoms with van der Waals surface area (Å²) in [6.45, 7) is 8.38. The number of nitrogens with two attached hydrogens (primary N) is 1. The van der Waals surface area contributed by atoms with Gasteiger partial charge in [-0.2, -0.15) is 0 Å². The summed E-state index contributed by atoms with van der Waals surface area (Å²) in [6.07, 6.45) is 0. The molecule has 6 nitrogen and oxygen atoms in total. The van der Waals surface area contributed by atoms with Crippen LogP contribution in [0.4, 0.5) is 15.8 Å². The van der Waals surface area contributed by atoms with Crippen molar-refractivity contribution in [1.82, 2.24) is 0 Å². The molecule has 2 fully saturated rings. The number of quaternary nitrogens is 3. The number of carbonyl (C=O) groups excluding carboxylic acids is 1. The molecular weight excluding hydrogens is 309 g/mol. The zero-order chi connectivity index (χ0) is 16.9. The average molecular weight is 338 g/mol. The minimum atomic E-state index is -0.257. The first-order valence-electron chi connectivity index (χ1n) is 8.93. The summed E-state index contributed by atoms with van der Waals surface area (Å²) in [6, 6.07) is 5.03. The number of nitrogens with zero attached hydrogens (tertiary/aromatic N) is 1. The molecule has 0 aromatic heterocycles. The molecule has 0 bridgehead atoms. The summed E-state index contributed by atoms with van der Waals surface area (Å²) in [4.78, 5) is 17.0. The molecule has 0 unspecified atom stereocenters. The number of piperazine rings is 2. The van der Waals surface area contributed by atoms with Crippen LogP contribution in [0.1, 0.15) is 0 Å². The fraction of sp³-hybridized carbons (Fsp3) is 0.588. The first-order valence-corrected chi connectivity index (χ1v) is 8.93. The van der Waals surface area contributed by atoms with Crippen molar-refractivity contribution in [2.24, 2.45) is 0 Å². The van der Waals surface area contributed by atoms with Gasteiger partial charge in [0.25, 0.3) is 5.91 Å². The number of benzene rings is 1. The number of nitrogens with one attached hydrogen (secondary N) is 3. The molecule has 0 saturated carbocycles. The third kappa shape index (κ3) is 4.43. The summed E-state index contributed by atoms with van der Waals surface area (Å²) < 4.78 is 14.4. The third-order valence-corrected chi connectivity index (χ3v) is 5.00. The quantitative estimate of drug-likeness (QED) is 0.462. The molecule has 5 N–H and O–H groups in total. The van der Waals surface area contributed by atoms with Gasteiger partial charge in [0.1, 0.15) is 32.0 Å². The predicted molar refractivity (Wildman–Crippen MR) is 91.1 cm³/mol. The summed E-state index contributed by atoms with van der Waals surface area (Å²) in [5.41, 5.74) is 1.18. The summed E-state index contributed by atoms with van der Waals surface area (Å²) in [7, 11) is 2.16. The Labute approximate surface area is 142 Å². The van der Waals surface area contributed by atoms with Gasteiger partial charge in [0.15, 0.2) is 6.54 Å². The molecule has 1 amide bonds. The SMILES string of the molecule is C[NH+]1CCN(c2ccc(NC(=O)C[NH+]3CC[NH2+]CC3)cc2F)CC1. The Bertz CT molecular complexity index is 568. The van der Waals surface area contributed by atoms with E-state index >= 15 is 0 Å². The van der Waals surface area contributed by atoms with E-state index in [2.05, 4.69) is 22.6 Å². The van der Waals surface area contributed by atoms with E-state index < -0.39 is 0 Å². The van der Waals surface area contributed by atoms with Gasteiger partial charge in [-0.05, 0) is 18.2 Å². The Morgan fingerprint density at radius 3 is 2.62 bits per heavy atom. The smallest absolute Gasteiger partial charge is 0.279 e. The fourth-order valence-corrected chi connectivity index (χ4v) is 3.46. The lowest BCUT2D eigenvalue weighted by Gasteiger charge is -2.32. The average Bonchev–Trinajstić information content (AvgIpc) is 2.57. The van der Waals surface area contributed by atoms with Gasteiger partial charge in [-0.25, -0.2) is 4.39 Å². The van der Waals surface area contributed by atoms with Crippen LogP contribution in [0.5, 0.6) is 0 Å². The number of rotatable bonds is 4. The van der Waals surface area contributed by atoms with Crippen LogP contribution in [0.3, 0.4) is 0 Å². The highest BCUT2D eigenvalue weighted by Gasteiger charge is 2.21. The standard InChI is InChI=1S/C17H26FN5O/c1-21-8-10-23(11-9-21)16-3-2-14(12-15(16)18)20-17(24)13-22-6-4-19-5-7-22/h2-3,12,19H,4-11,13H2,1H3,(H,20,24)/p+3. The van der Waals surface area contributed by atoms with Gasteiger partial charge in [0.2, 0.25) is 0 Å². The Morgan fingerprint density at radius 2 is 1.96 bits per heavy atom. The van der Waals surface area contributed by atoms with Gasteiger partial charge in [0, 0.05) is 5.69 Å². The van der Waals surface area contributed by atoms with Crippen molar-refractivity contribution >= 4 is 17.3 Å². The van der Waals surface area contributed by atoms with Crippen molar-refractivity contribution in [3.05, 3.63) is 24.0 Å². The lowest BCUT2D eigenvalue weighted by Crippen LogP contribution is -3.21. The number of amides is 1. The molecule has 2 saturated heterocycles. The minimum absolute atomic E-state index is 0.0396. The van der Waals surface area contributed by atoms with Crippen molar-refractivity contribution in [2.75, 3.05) is 76.2 Å². The highest BCUT2D eigenvalue weighted by molar-refractivity contribution is 5.91. The Kier molecular flexibility index (Phi) is 5.65. The maximum absolute atomic E-state index is 14.4. The highest BCUT2D eigenvalue weighted by Crippen LogP contribution is 2.22. The van der Waals surface area contributed by atoms with Crippen LogP contribution < -0.4 is 25.3 Å². The van der Waals surface area contributed by atoms with Crippen LogP contribution in [-0.4, -0.2) is 71.9 Å². The van der Waals surface area contributed by atoms with Gasteiger partial charge in [0.05, 0.1) is 38.9 Å². The summed E-state index contributed by atoms with van der Waals surface area (Å²) in [5.74, 6) is -0.297. The van der Waals surface area contributed by atoms with E-state index in [9.17, 15) is 9.18 Å². The van der Waals surface area contributed by atoms with E-state index in [0.717, 1.165) is 52.4 Å². The van der Waals surface area contributed by atoms with E-state index in [1.807, 2.05) is 0 Å². The number of likely N-dealkylation sites (N-methyl/N-ethyl adjacent to an activating group) is 1. The maximum atomic E-state index is 14.4. The Balaban J connectivity index is 1.56. The second-order valence-corrected chi connectivity index (χ2v) is 6.95. The zero-order valence-corrected chi connectivity index (χ0v) is 14.4. The number of halogens is 1. The largest absolute Gasteiger partial charge is 0.358 e. The van der Waals surface area contributed by atoms with E-state index in [-0.39, 0.29) is 11.7 Å². The molecule has 1 aromatic carbocycles. The van der Waals surface area contributed by atoms with Crippen LogP contribution >= 0.6 is 0 Å². The molecule has 0 radical (unpaired) electrons. The lowest BCUT2D eigenvalue weighted by atomic mass is 10.2. The van der Waals surface area contributed by atoms with E-state index in [1.165, 1.54) is 15.9 Å². The van der Waals surface area contributed by atoms with Crippen LogP contribution in [0.25, 0.3) is 0 Å². The van der Waals surface area contributed by atoms with E-state index in [1.54, 1.807) is 12.1 Å². The number of anilines is 2. The molecular formula is C17H29FN5O+3. The molecule has 2 aliphatic rings. The Morgan fingerprint density at radius 1 is 1.25 bits per heavy atom. The van der Waals surface area contributed by atoms with Crippen LogP contribution in [0.2, 0.25) is 0 Å². The number of carbonyl (C=O) groups is 1.